The number of hydrogen-bond acceptors (Lipinski definition) is 4. The zero-order valence-electron chi connectivity index (χ0n) is 18.6. The number of piperidine rings is 1. The van der Waals surface area contributed by atoms with E-state index in [0.29, 0.717) is 29.6 Å². The Kier molecular flexibility index (Phi) is 8.12. The van der Waals surface area contributed by atoms with E-state index in [0.717, 1.165) is 44.5 Å². The Morgan fingerprint density at radius 2 is 1.97 bits per heavy atom. The highest BCUT2D eigenvalue weighted by Gasteiger charge is 2.23. The molecule has 0 bridgehead atoms. The summed E-state index contributed by atoms with van der Waals surface area (Å²) < 4.78 is 23.7. The summed E-state index contributed by atoms with van der Waals surface area (Å²) in [6.07, 6.45) is 3.12. The normalized spacial score (nSPS) is 16.6. The second-order valence-corrected chi connectivity index (χ2v) is 8.06. The van der Waals surface area contributed by atoms with Crippen LogP contribution < -0.4 is 14.8 Å². The minimum atomic E-state index is -0.199. The predicted octanol–water partition coefficient (Wildman–Crippen LogP) is 4.26. The third-order valence-electron chi connectivity index (χ3n) is 5.76. The van der Waals surface area contributed by atoms with E-state index < -0.39 is 0 Å². The van der Waals surface area contributed by atoms with E-state index in [1.54, 1.807) is 37.3 Å². The van der Waals surface area contributed by atoms with Crippen molar-refractivity contribution in [3.05, 3.63) is 53.8 Å². The van der Waals surface area contributed by atoms with Crippen molar-refractivity contribution < 1.29 is 18.7 Å². The fraction of sp³-hybridized carbons (Fsp3) is 0.458. The van der Waals surface area contributed by atoms with Crippen LogP contribution in [0.4, 0.5) is 14.9 Å². The molecule has 6 nitrogen and oxygen atoms in total. The van der Waals surface area contributed by atoms with Gasteiger partial charge in [-0.25, -0.2) is 9.18 Å². The second-order valence-electron chi connectivity index (χ2n) is 8.06. The fourth-order valence-electron chi connectivity index (χ4n) is 4.03. The molecule has 1 aliphatic rings. The standard InChI is InChI=1S/C24H32FN3O3/c1-27(24(29)26-22-15-21(30-2)10-11-23(22)31-3)16-19-5-4-13-28(17-19)14-12-18-6-8-20(25)9-7-18/h6-11,15,19H,4-5,12-14,16-17H2,1-3H3,(H,26,29). The van der Waals surface area contributed by atoms with Crippen molar-refractivity contribution in [1.82, 2.24) is 9.80 Å². The number of carbonyl (C=O) groups is 1. The van der Waals surface area contributed by atoms with Gasteiger partial charge in [0.15, 0.2) is 0 Å². The molecule has 0 aliphatic carbocycles. The molecular weight excluding hydrogens is 397 g/mol. The molecule has 1 fully saturated rings. The number of urea groups is 1. The summed E-state index contributed by atoms with van der Waals surface area (Å²) in [4.78, 5) is 16.9. The Bertz CT molecular complexity index is 860. The van der Waals surface area contributed by atoms with Crippen LogP contribution in [0.2, 0.25) is 0 Å². The summed E-state index contributed by atoms with van der Waals surface area (Å²) in [5.74, 6) is 1.47. The smallest absolute Gasteiger partial charge is 0.321 e. The van der Waals surface area contributed by atoms with Gasteiger partial charge in [0.1, 0.15) is 17.3 Å². The SMILES string of the molecule is COc1ccc(OC)c(NC(=O)N(C)CC2CCCN(CCc3ccc(F)cc3)C2)c1. The summed E-state index contributed by atoms with van der Waals surface area (Å²) in [5.41, 5.74) is 1.73. The lowest BCUT2D eigenvalue weighted by Gasteiger charge is -2.34. The Balaban J connectivity index is 1.50. The summed E-state index contributed by atoms with van der Waals surface area (Å²) in [6.45, 7) is 3.65. The maximum absolute atomic E-state index is 13.1. The molecule has 1 saturated heterocycles. The molecule has 1 atom stereocenters. The monoisotopic (exact) mass is 429 g/mol. The highest BCUT2D eigenvalue weighted by atomic mass is 19.1. The van der Waals surface area contributed by atoms with Crippen LogP contribution in [0.3, 0.4) is 0 Å². The molecule has 168 valence electrons. The number of benzene rings is 2. The number of nitrogens with zero attached hydrogens (tertiary/aromatic N) is 2. The molecule has 1 unspecified atom stereocenters. The van der Waals surface area contributed by atoms with Crippen LogP contribution in [0, 0.1) is 11.7 Å². The minimum absolute atomic E-state index is 0.171. The first kappa shape index (κ1) is 22.9. The maximum atomic E-state index is 13.1. The Labute approximate surface area is 183 Å². The van der Waals surface area contributed by atoms with Gasteiger partial charge in [-0.1, -0.05) is 12.1 Å². The van der Waals surface area contributed by atoms with E-state index in [2.05, 4.69) is 10.2 Å². The molecule has 1 heterocycles. The highest BCUT2D eigenvalue weighted by molar-refractivity contribution is 5.91. The Morgan fingerprint density at radius 1 is 1.19 bits per heavy atom. The number of nitrogens with one attached hydrogen (secondary N) is 1. The fourth-order valence-corrected chi connectivity index (χ4v) is 4.03. The lowest BCUT2D eigenvalue weighted by atomic mass is 9.97. The van der Waals surface area contributed by atoms with Crippen LogP contribution in [-0.2, 0) is 6.42 Å². The third-order valence-corrected chi connectivity index (χ3v) is 5.76. The van der Waals surface area contributed by atoms with Crippen LogP contribution >= 0.6 is 0 Å². The zero-order valence-corrected chi connectivity index (χ0v) is 18.6. The molecule has 0 radical (unpaired) electrons. The van der Waals surface area contributed by atoms with Gasteiger partial charge in [-0.2, -0.15) is 0 Å². The van der Waals surface area contributed by atoms with E-state index >= 15 is 0 Å². The van der Waals surface area contributed by atoms with E-state index in [1.807, 2.05) is 19.2 Å². The quantitative estimate of drug-likeness (QED) is 0.681. The van der Waals surface area contributed by atoms with Gasteiger partial charge in [0.25, 0.3) is 0 Å². The average Bonchev–Trinajstić information content (AvgIpc) is 2.78. The van der Waals surface area contributed by atoms with E-state index in [9.17, 15) is 9.18 Å². The molecule has 1 N–H and O–H groups in total. The summed E-state index contributed by atoms with van der Waals surface area (Å²) in [7, 11) is 4.98. The number of amides is 2. The molecule has 0 aromatic heterocycles. The molecule has 0 saturated carbocycles. The Morgan fingerprint density at radius 3 is 2.68 bits per heavy atom. The van der Waals surface area contributed by atoms with Crippen molar-refractivity contribution in [3.8, 4) is 11.5 Å². The summed E-state index contributed by atoms with van der Waals surface area (Å²) in [5, 5.41) is 2.93. The van der Waals surface area contributed by atoms with Crippen molar-refractivity contribution in [3.63, 3.8) is 0 Å². The molecular formula is C24H32FN3O3. The topological polar surface area (TPSA) is 54.0 Å². The highest BCUT2D eigenvalue weighted by Crippen LogP contribution is 2.29. The number of ether oxygens (including phenoxy) is 2. The number of hydrogen-bond donors (Lipinski definition) is 1. The molecule has 1 aliphatic heterocycles. The first-order chi connectivity index (χ1) is 15.0. The average molecular weight is 430 g/mol. The van der Waals surface area contributed by atoms with E-state index in [-0.39, 0.29) is 11.8 Å². The van der Waals surface area contributed by atoms with Crippen LogP contribution in [-0.4, -0.2) is 63.3 Å². The minimum Gasteiger partial charge on any atom is -0.497 e. The number of halogens is 1. The van der Waals surface area contributed by atoms with Gasteiger partial charge in [0.05, 0.1) is 19.9 Å². The van der Waals surface area contributed by atoms with Crippen molar-refractivity contribution in [2.75, 3.05) is 52.8 Å². The zero-order chi connectivity index (χ0) is 22.2. The third kappa shape index (κ3) is 6.59. The van der Waals surface area contributed by atoms with Gasteiger partial charge in [0.2, 0.25) is 0 Å². The van der Waals surface area contributed by atoms with E-state index in [1.165, 1.54) is 12.1 Å². The first-order valence-corrected chi connectivity index (χ1v) is 10.7. The number of carbonyl (C=O) groups excluding carboxylic acids is 1. The van der Waals surface area contributed by atoms with Gasteiger partial charge in [0, 0.05) is 32.7 Å². The molecule has 0 spiro atoms. The van der Waals surface area contributed by atoms with Gasteiger partial charge in [-0.3, -0.25) is 0 Å². The number of anilines is 1. The van der Waals surface area contributed by atoms with Crippen molar-refractivity contribution in [1.29, 1.82) is 0 Å². The van der Waals surface area contributed by atoms with Crippen molar-refractivity contribution in [2.24, 2.45) is 5.92 Å². The number of rotatable bonds is 8. The molecule has 7 heteroatoms. The second kappa shape index (κ2) is 11.0. The van der Waals surface area contributed by atoms with Gasteiger partial charge >= 0.3 is 6.03 Å². The van der Waals surface area contributed by atoms with Gasteiger partial charge in [-0.05, 0) is 61.6 Å². The maximum Gasteiger partial charge on any atom is 0.321 e. The molecule has 31 heavy (non-hydrogen) atoms. The summed E-state index contributed by atoms with van der Waals surface area (Å²) >= 11 is 0. The predicted molar refractivity (Wildman–Crippen MR) is 120 cm³/mol. The summed E-state index contributed by atoms with van der Waals surface area (Å²) in [6, 6.07) is 11.9. The largest absolute Gasteiger partial charge is 0.497 e. The van der Waals surface area contributed by atoms with E-state index in [4.69, 9.17) is 9.47 Å². The lowest BCUT2D eigenvalue weighted by molar-refractivity contribution is 0.150. The molecule has 2 amide bonds. The van der Waals surface area contributed by atoms with Gasteiger partial charge < -0.3 is 24.6 Å². The lowest BCUT2D eigenvalue weighted by Crippen LogP contribution is -2.43. The number of likely N-dealkylation sites (tertiary alicyclic amines) is 1. The van der Waals surface area contributed by atoms with Crippen LogP contribution in [0.1, 0.15) is 18.4 Å². The number of methoxy groups -OCH3 is 2. The Hall–Kier alpha value is -2.80. The van der Waals surface area contributed by atoms with Crippen molar-refractivity contribution in [2.45, 2.75) is 19.3 Å². The molecule has 2 aromatic rings. The first-order valence-electron chi connectivity index (χ1n) is 10.7. The molecule has 3 rings (SSSR count). The van der Waals surface area contributed by atoms with Gasteiger partial charge in [-0.15, -0.1) is 0 Å². The van der Waals surface area contributed by atoms with Crippen LogP contribution in [0.25, 0.3) is 0 Å². The van der Waals surface area contributed by atoms with Crippen LogP contribution in [0.5, 0.6) is 11.5 Å². The molecule has 2 aromatic carbocycles. The van der Waals surface area contributed by atoms with Crippen molar-refractivity contribution >= 4 is 11.7 Å². The van der Waals surface area contributed by atoms with Crippen LogP contribution in [0.15, 0.2) is 42.5 Å².